The van der Waals surface area contributed by atoms with E-state index < -0.39 is 0 Å². The number of pyridine rings is 1. The third-order valence-corrected chi connectivity index (χ3v) is 8.44. The van der Waals surface area contributed by atoms with E-state index in [0.717, 1.165) is 44.4 Å². The van der Waals surface area contributed by atoms with Gasteiger partial charge in [-0.1, -0.05) is 54.0 Å². The van der Waals surface area contributed by atoms with Crippen molar-refractivity contribution in [2.24, 2.45) is 0 Å². The first-order valence-electron chi connectivity index (χ1n) is 15.2. The topological polar surface area (TPSA) is 36.9 Å². The smallest absolute Gasteiger partial charge is 0.188 e. The van der Waals surface area contributed by atoms with E-state index in [0.29, 0.717) is 17.5 Å². The van der Waals surface area contributed by atoms with E-state index in [1.165, 1.54) is 16.6 Å². The SMILES string of the molecule is Cc1ccccc1-c1ccnc(-n2c3[c-]c(Oc4[c-]c(-n5[cH+]n(C(C)C)c6ccccc65)ccc4)ccc3c3ccccc32)c1.[Pt]. The number of rotatable bonds is 6. The fourth-order valence-electron chi connectivity index (χ4n) is 6.27. The normalized spacial score (nSPS) is 11.4. The maximum Gasteiger partial charge on any atom is 0.188 e. The summed E-state index contributed by atoms with van der Waals surface area (Å²) in [5.74, 6) is 2.07. The molecular formula is C40H31N4OPt-. The Kier molecular flexibility index (Phi) is 7.80. The quantitative estimate of drug-likeness (QED) is 0.158. The summed E-state index contributed by atoms with van der Waals surface area (Å²) < 4.78 is 13.1. The van der Waals surface area contributed by atoms with Crippen LogP contribution in [0.2, 0.25) is 0 Å². The summed E-state index contributed by atoms with van der Waals surface area (Å²) in [5.41, 5.74) is 8.74. The summed E-state index contributed by atoms with van der Waals surface area (Å²) in [6.45, 7) is 6.53. The molecular weight excluding hydrogens is 748 g/mol. The summed E-state index contributed by atoms with van der Waals surface area (Å²) >= 11 is 0. The largest absolute Gasteiger partial charge is 0.508 e. The maximum atomic E-state index is 6.45. The van der Waals surface area contributed by atoms with Crippen molar-refractivity contribution in [3.63, 3.8) is 0 Å². The van der Waals surface area contributed by atoms with Gasteiger partial charge in [-0.15, -0.1) is 29.7 Å². The van der Waals surface area contributed by atoms with Crippen molar-refractivity contribution in [2.75, 3.05) is 0 Å². The molecule has 8 aromatic rings. The number of para-hydroxylation sites is 3. The van der Waals surface area contributed by atoms with Crippen molar-refractivity contribution in [1.29, 1.82) is 0 Å². The first-order chi connectivity index (χ1) is 22.0. The molecule has 0 N–H and O–H groups in total. The van der Waals surface area contributed by atoms with Crippen LogP contribution in [0.3, 0.4) is 0 Å². The summed E-state index contributed by atoms with van der Waals surface area (Å²) in [6.07, 6.45) is 4.02. The van der Waals surface area contributed by atoms with E-state index in [9.17, 15) is 0 Å². The predicted octanol–water partition coefficient (Wildman–Crippen LogP) is 10.2. The minimum absolute atomic E-state index is 0. The number of nitrogens with zero attached hydrogens (tertiary/aromatic N) is 4. The van der Waals surface area contributed by atoms with Crippen molar-refractivity contribution >= 4 is 32.8 Å². The van der Waals surface area contributed by atoms with Crippen molar-refractivity contribution in [1.82, 2.24) is 18.7 Å². The molecule has 0 spiro atoms. The van der Waals surface area contributed by atoms with E-state index in [4.69, 9.17) is 9.72 Å². The van der Waals surface area contributed by atoms with Crippen LogP contribution >= 0.6 is 0 Å². The second-order valence-electron chi connectivity index (χ2n) is 11.6. The van der Waals surface area contributed by atoms with Gasteiger partial charge in [-0.2, -0.15) is 12.1 Å². The van der Waals surface area contributed by atoms with Gasteiger partial charge < -0.3 is 9.30 Å². The van der Waals surface area contributed by atoms with Crippen LogP contribution in [0, 0.1) is 19.1 Å². The fraction of sp³-hybridized carbons (Fsp3) is 0.100. The summed E-state index contributed by atoms with van der Waals surface area (Å²) in [7, 11) is 0. The first-order valence-corrected chi connectivity index (χ1v) is 15.2. The monoisotopic (exact) mass is 778 g/mol. The minimum Gasteiger partial charge on any atom is -0.508 e. The van der Waals surface area contributed by atoms with E-state index in [2.05, 4.69) is 150 Å². The summed E-state index contributed by atoms with van der Waals surface area (Å²) in [6, 6.07) is 47.0. The molecule has 5 nitrogen and oxygen atoms in total. The number of fused-ring (bicyclic) bond motifs is 4. The zero-order valence-electron chi connectivity index (χ0n) is 25.7. The third kappa shape index (κ3) is 5.11. The van der Waals surface area contributed by atoms with E-state index in [1.54, 1.807) is 0 Å². The Hall–Kier alpha value is -4.99. The molecule has 0 unspecified atom stereocenters. The molecule has 0 bridgehead atoms. The van der Waals surface area contributed by atoms with Gasteiger partial charge >= 0.3 is 0 Å². The molecule has 46 heavy (non-hydrogen) atoms. The fourth-order valence-corrected chi connectivity index (χ4v) is 6.27. The molecule has 0 aliphatic carbocycles. The molecule has 0 atom stereocenters. The third-order valence-electron chi connectivity index (χ3n) is 8.44. The van der Waals surface area contributed by atoms with E-state index in [1.807, 2.05) is 24.4 Å². The Morgan fingerprint density at radius 1 is 0.717 bits per heavy atom. The molecule has 0 saturated carbocycles. The number of imidazole rings is 1. The van der Waals surface area contributed by atoms with Gasteiger partial charge in [-0.25, -0.2) is 14.1 Å². The van der Waals surface area contributed by atoms with Crippen LogP contribution < -0.4 is 4.74 Å². The van der Waals surface area contributed by atoms with E-state index in [-0.39, 0.29) is 21.1 Å². The summed E-state index contributed by atoms with van der Waals surface area (Å²) in [4.78, 5) is 4.83. The number of hydrogen-bond acceptors (Lipinski definition) is 2. The van der Waals surface area contributed by atoms with Crippen LogP contribution in [0.4, 0.5) is 0 Å². The van der Waals surface area contributed by atoms with Crippen molar-refractivity contribution in [3.05, 3.63) is 145 Å². The van der Waals surface area contributed by atoms with Crippen LogP contribution in [0.15, 0.2) is 128 Å². The van der Waals surface area contributed by atoms with Gasteiger partial charge in [0, 0.05) is 62.1 Å². The number of aromatic nitrogens is 4. The molecule has 228 valence electrons. The molecule has 0 amide bonds. The van der Waals surface area contributed by atoms with Crippen LogP contribution in [0.1, 0.15) is 25.5 Å². The van der Waals surface area contributed by atoms with E-state index >= 15 is 0 Å². The van der Waals surface area contributed by atoms with Crippen LogP contribution in [-0.4, -0.2) is 18.7 Å². The van der Waals surface area contributed by atoms with Crippen LogP contribution in [0.5, 0.6) is 11.5 Å². The molecule has 5 aromatic carbocycles. The van der Waals surface area contributed by atoms with Gasteiger partial charge in [0.05, 0.1) is 6.04 Å². The molecule has 8 rings (SSSR count). The maximum absolute atomic E-state index is 6.45. The van der Waals surface area contributed by atoms with Gasteiger partial charge in [0.15, 0.2) is 17.4 Å². The Morgan fingerprint density at radius 3 is 2.28 bits per heavy atom. The molecule has 6 heteroatoms. The molecule has 0 saturated heterocycles. The Balaban J connectivity index is 0.00000338. The number of ether oxygens (including phenoxy) is 1. The number of hydrogen-bond donors (Lipinski definition) is 0. The standard InChI is InChI=1S/C40H31N4O.Pt/c1-27(2)42-26-43(38-18-9-8-17-37(38)42)30-12-10-13-31(24-30)45-32-19-20-35-34-15-6-7-16-36(34)44(39(35)25-32)40-23-29(21-22-41-40)33-14-5-4-11-28(33)3;/h4-23,26-27H,1-3H3;/q-1;. The molecule has 0 aliphatic rings. The van der Waals surface area contributed by atoms with Gasteiger partial charge in [-0.3, -0.25) is 0 Å². The average Bonchev–Trinajstić information content (AvgIpc) is 3.62. The molecule has 0 aliphatic heterocycles. The Morgan fingerprint density at radius 2 is 1.46 bits per heavy atom. The van der Waals surface area contributed by atoms with Gasteiger partial charge in [0.1, 0.15) is 5.82 Å². The first kappa shape index (κ1) is 29.7. The molecule has 3 aromatic heterocycles. The van der Waals surface area contributed by atoms with Crippen molar-refractivity contribution < 1.29 is 25.8 Å². The van der Waals surface area contributed by atoms with Crippen LogP contribution in [-0.2, 0) is 21.1 Å². The molecule has 0 fully saturated rings. The molecule has 0 radical (unpaired) electrons. The second kappa shape index (κ2) is 12.1. The van der Waals surface area contributed by atoms with Crippen LogP contribution in [0.25, 0.3) is 55.5 Å². The minimum atomic E-state index is 0. The second-order valence-corrected chi connectivity index (χ2v) is 11.6. The zero-order valence-corrected chi connectivity index (χ0v) is 28.0. The Bertz CT molecular complexity index is 2370. The molecule has 3 heterocycles. The average molecular weight is 779 g/mol. The zero-order chi connectivity index (χ0) is 30.5. The number of benzene rings is 5. The van der Waals surface area contributed by atoms with Gasteiger partial charge in [-0.05, 0) is 73.2 Å². The predicted molar refractivity (Wildman–Crippen MR) is 183 cm³/mol. The van der Waals surface area contributed by atoms with Gasteiger partial charge in [0.25, 0.3) is 0 Å². The summed E-state index contributed by atoms with van der Waals surface area (Å²) in [5, 5.41) is 2.24. The van der Waals surface area contributed by atoms with Crippen molar-refractivity contribution in [2.45, 2.75) is 26.8 Å². The van der Waals surface area contributed by atoms with Crippen molar-refractivity contribution in [3.8, 4) is 34.1 Å². The Labute approximate surface area is 282 Å². The number of aryl methyl sites for hydroxylation is 1. The van der Waals surface area contributed by atoms with Gasteiger partial charge in [0.2, 0.25) is 0 Å².